The molecule has 0 aliphatic heterocycles. The average molecular weight is 284 g/mol. The van der Waals surface area contributed by atoms with E-state index in [-0.39, 0.29) is 0 Å². The van der Waals surface area contributed by atoms with E-state index < -0.39 is 0 Å². The molecule has 112 valence electrons. The van der Waals surface area contributed by atoms with Crippen LogP contribution in [-0.2, 0) is 7.05 Å². The first-order valence-corrected chi connectivity index (χ1v) is 7.66. The number of rotatable bonds is 5. The maximum absolute atomic E-state index is 5.75. The largest absolute Gasteiger partial charge is 0.493 e. The molecule has 1 aromatic carbocycles. The van der Waals surface area contributed by atoms with E-state index in [1.165, 1.54) is 0 Å². The highest BCUT2D eigenvalue weighted by atomic mass is 16.5. The van der Waals surface area contributed by atoms with Crippen LogP contribution < -0.4 is 9.30 Å². The number of aromatic nitrogens is 1. The summed E-state index contributed by atoms with van der Waals surface area (Å²) >= 11 is 0. The van der Waals surface area contributed by atoms with E-state index in [0.29, 0.717) is 0 Å². The van der Waals surface area contributed by atoms with Crippen molar-refractivity contribution >= 4 is 12.2 Å². The zero-order chi connectivity index (χ0) is 15.5. The quantitative estimate of drug-likeness (QED) is 0.737. The number of hydrogen-bond donors (Lipinski definition) is 0. The number of ether oxygens (including phenoxy) is 1. The molecule has 0 radical (unpaired) electrons. The first-order chi connectivity index (χ1) is 10.3. The van der Waals surface area contributed by atoms with E-state index in [1.54, 1.807) is 0 Å². The van der Waals surface area contributed by atoms with E-state index in [1.807, 2.05) is 57.4 Å². The van der Waals surface area contributed by atoms with Gasteiger partial charge in [0.05, 0.1) is 6.61 Å². The molecule has 1 heterocycles. The fourth-order valence-corrected chi connectivity index (χ4v) is 1.85. The van der Waals surface area contributed by atoms with Crippen LogP contribution in [0, 0.1) is 0 Å². The van der Waals surface area contributed by atoms with Gasteiger partial charge in [-0.2, -0.15) is 0 Å². The number of benzene rings is 1. The third-order valence-electron chi connectivity index (χ3n) is 2.91. The second-order valence-electron chi connectivity index (χ2n) is 4.46. The maximum Gasteiger partial charge on any atom is 0.204 e. The van der Waals surface area contributed by atoms with Crippen molar-refractivity contribution < 1.29 is 9.30 Å². The lowest BCUT2D eigenvalue weighted by Crippen LogP contribution is -2.30. The Morgan fingerprint density at radius 2 is 1.71 bits per heavy atom. The molecule has 0 aliphatic rings. The molecule has 2 heteroatoms. The van der Waals surface area contributed by atoms with Crippen LogP contribution in [0.2, 0.25) is 0 Å². The van der Waals surface area contributed by atoms with Crippen molar-refractivity contribution in [3.63, 3.8) is 0 Å². The Morgan fingerprint density at radius 1 is 1.00 bits per heavy atom. The molecular formula is C19H26NO+. The van der Waals surface area contributed by atoms with E-state index in [4.69, 9.17) is 4.74 Å². The third-order valence-corrected chi connectivity index (χ3v) is 2.91. The van der Waals surface area contributed by atoms with Gasteiger partial charge in [0.25, 0.3) is 0 Å². The molecule has 0 fully saturated rings. The second-order valence-corrected chi connectivity index (χ2v) is 4.46. The molecule has 0 bridgehead atoms. The Labute approximate surface area is 128 Å². The van der Waals surface area contributed by atoms with Crippen molar-refractivity contribution in [2.45, 2.75) is 27.2 Å². The first-order valence-electron chi connectivity index (χ1n) is 7.66. The number of pyridine rings is 1. The van der Waals surface area contributed by atoms with Gasteiger partial charge in [0, 0.05) is 23.8 Å². The van der Waals surface area contributed by atoms with Gasteiger partial charge in [-0.15, -0.1) is 0 Å². The van der Waals surface area contributed by atoms with Gasteiger partial charge in [0.15, 0.2) is 6.20 Å². The lowest BCUT2D eigenvalue weighted by molar-refractivity contribution is -0.673. The van der Waals surface area contributed by atoms with Gasteiger partial charge in [-0.1, -0.05) is 39.0 Å². The topological polar surface area (TPSA) is 13.1 Å². The monoisotopic (exact) mass is 284 g/mol. The van der Waals surface area contributed by atoms with E-state index in [0.717, 1.165) is 30.0 Å². The van der Waals surface area contributed by atoms with E-state index in [2.05, 4.69) is 35.8 Å². The Hall–Kier alpha value is -2.09. The van der Waals surface area contributed by atoms with Crippen molar-refractivity contribution in [3.8, 4) is 5.75 Å². The normalized spacial score (nSPS) is 10.1. The number of aryl methyl sites for hydroxylation is 1. The number of para-hydroxylation sites is 1. The van der Waals surface area contributed by atoms with Crippen molar-refractivity contribution in [2.75, 3.05) is 6.61 Å². The molecule has 2 aromatic rings. The van der Waals surface area contributed by atoms with Gasteiger partial charge >= 0.3 is 0 Å². The summed E-state index contributed by atoms with van der Waals surface area (Å²) in [4.78, 5) is 0. The van der Waals surface area contributed by atoms with Gasteiger partial charge in [0.1, 0.15) is 12.8 Å². The highest BCUT2D eigenvalue weighted by molar-refractivity contribution is 5.70. The van der Waals surface area contributed by atoms with Crippen LogP contribution in [0.1, 0.15) is 38.4 Å². The summed E-state index contributed by atoms with van der Waals surface area (Å²) in [5.74, 6) is 0.944. The highest BCUT2D eigenvalue weighted by Crippen LogP contribution is 2.20. The summed E-state index contributed by atoms with van der Waals surface area (Å²) in [6.07, 6.45) is 7.26. The van der Waals surface area contributed by atoms with Crippen LogP contribution in [0.4, 0.5) is 0 Å². The number of nitrogens with zero attached hydrogens (tertiary/aromatic N) is 1. The molecule has 2 nitrogen and oxygen atoms in total. The zero-order valence-corrected chi connectivity index (χ0v) is 13.5. The summed E-state index contributed by atoms with van der Waals surface area (Å²) in [6, 6.07) is 14.3. The second kappa shape index (κ2) is 9.76. The van der Waals surface area contributed by atoms with Gasteiger partial charge < -0.3 is 4.74 Å². The number of hydrogen-bond acceptors (Lipinski definition) is 1. The first kappa shape index (κ1) is 17.0. The lowest BCUT2D eigenvalue weighted by atomic mass is 10.1. The predicted octanol–water partition coefficient (Wildman–Crippen LogP) is 4.50. The van der Waals surface area contributed by atoms with Gasteiger partial charge in [-0.05, 0) is 24.6 Å². The van der Waals surface area contributed by atoms with Crippen molar-refractivity contribution in [1.29, 1.82) is 0 Å². The Bertz CT molecular complexity index is 561. The standard InChI is InChI=1S/C17H20NO.C2H6/c1-3-14-19-17-10-5-4-8-15(17)11-12-16-9-6-7-13-18(16)2;1-2/h4-13H,3,14H2,1-2H3;1-2H3/q+1;/b12-11+;. The Kier molecular flexibility index (Phi) is 7.88. The van der Waals surface area contributed by atoms with Crippen LogP contribution in [0.5, 0.6) is 5.75 Å². The SMILES string of the molecule is CC.CCCOc1ccccc1/C=C/c1cccc[n+]1C. The molecule has 0 saturated heterocycles. The Morgan fingerprint density at radius 3 is 2.43 bits per heavy atom. The molecule has 0 unspecified atom stereocenters. The van der Waals surface area contributed by atoms with Gasteiger partial charge in [-0.3, -0.25) is 0 Å². The molecule has 0 atom stereocenters. The smallest absolute Gasteiger partial charge is 0.204 e. The average Bonchev–Trinajstić information content (AvgIpc) is 2.55. The summed E-state index contributed by atoms with van der Waals surface area (Å²) in [7, 11) is 2.04. The molecular weight excluding hydrogens is 258 g/mol. The van der Waals surface area contributed by atoms with Crippen molar-refractivity contribution in [1.82, 2.24) is 0 Å². The summed E-state index contributed by atoms with van der Waals surface area (Å²) < 4.78 is 7.84. The fraction of sp³-hybridized carbons (Fsp3) is 0.316. The van der Waals surface area contributed by atoms with Crippen molar-refractivity contribution in [2.24, 2.45) is 7.05 Å². The predicted molar refractivity (Wildman–Crippen MR) is 90.1 cm³/mol. The summed E-state index contributed by atoms with van der Waals surface area (Å²) in [5.41, 5.74) is 2.27. The molecule has 0 spiro atoms. The third kappa shape index (κ3) is 5.42. The summed E-state index contributed by atoms with van der Waals surface area (Å²) in [5, 5.41) is 0. The molecule has 21 heavy (non-hydrogen) atoms. The highest BCUT2D eigenvalue weighted by Gasteiger charge is 2.02. The Balaban J connectivity index is 0.00000106. The zero-order valence-electron chi connectivity index (χ0n) is 13.5. The molecule has 0 amide bonds. The minimum absolute atomic E-state index is 0.754. The van der Waals surface area contributed by atoms with E-state index >= 15 is 0 Å². The van der Waals surface area contributed by atoms with Crippen LogP contribution in [0.25, 0.3) is 12.2 Å². The molecule has 0 saturated carbocycles. The van der Waals surface area contributed by atoms with Crippen LogP contribution >= 0.6 is 0 Å². The molecule has 0 N–H and O–H groups in total. The van der Waals surface area contributed by atoms with Crippen molar-refractivity contribution in [3.05, 3.63) is 59.9 Å². The minimum Gasteiger partial charge on any atom is -0.493 e. The lowest BCUT2D eigenvalue weighted by Gasteiger charge is -2.07. The van der Waals surface area contributed by atoms with Crippen LogP contribution in [-0.4, -0.2) is 6.61 Å². The van der Waals surface area contributed by atoms with Crippen LogP contribution in [0.3, 0.4) is 0 Å². The van der Waals surface area contributed by atoms with E-state index in [9.17, 15) is 0 Å². The van der Waals surface area contributed by atoms with Crippen LogP contribution in [0.15, 0.2) is 48.7 Å². The fourth-order valence-electron chi connectivity index (χ4n) is 1.85. The summed E-state index contributed by atoms with van der Waals surface area (Å²) in [6.45, 7) is 6.87. The molecule has 2 rings (SSSR count). The van der Waals surface area contributed by atoms with Gasteiger partial charge in [0.2, 0.25) is 5.69 Å². The maximum atomic E-state index is 5.75. The molecule has 0 aliphatic carbocycles. The minimum atomic E-state index is 0.754. The van der Waals surface area contributed by atoms with Gasteiger partial charge in [-0.25, -0.2) is 4.57 Å². The molecule has 1 aromatic heterocycles.